The van der Waals surface area contributed by atoms with E-state index in [1.165, 1.54) is 27.8 Å². The third-order valence-electron chi connectivity index (χ3n) is 15.4. The smallest absolute Gasteiger partial charge is 0.272 e. The summed E-state index contributed by atoms with van der Waals surface area (Å²) in [4.78, 5) is 4.95. The summed E-state index contributed by atoms with van der Waals surface area (Å²) in [6.45, 7) is 40.9. The van der Waals surface area contributed by atoms with Crippen LogP contribution in [0.15, 0.2) is 152 Å². The van der Waals surface area contributed by atoms with Crippen molar-refractivity contribution in [3.63, 3.8) is 0 Å². The number of hydrogen-bond acceptors (Lipinski definition) is 3. The number of benzene rings is 7. The molecule has 0 unspecified atom stereocenters. The van der Waals surface area contributed by atoms with Crippen LogP contribution in [-0.4, -0.2) is 19.2 Å². The average molecular weight is 1240 g/mol. The molecular weight excluding hydrogens is 1160 g/mol. The van der Waals surface area contributed by atoms with Gasteiger partial charge in [-0.3, -0.25) is 0 Å². The zero-order chi connectivity index (χ0) is 56.8. The number of aromatic nitrogens is 5. The van der Waals surface area contributed by atoms with Crippen molar-refractivity contribution < 1.29 is 30.5 Å². The van der Waals surface area contributed by atoms with Crippen LogP contribution in [0.25, 0.3) is 72.6 Å². The fourth-order valence-corrected chi connectivity index (χ4v) is 10.3. The molecule has 3 aromatic heterocycles. The van der Waals surface area contributed by atoms with Gasteiger partial charge in [0.05, 0.1) is 5.69 Å². The summed E-state index contributed by atoms with van der Waals surface area (Å²) in [5.41, 5.74) is 15.5. The maximum atomic E-state index is 7.07. The minimum absolute atomic E-state index is 0. The number of rotatable bonds is 8. The zero-order valence-corrected chi connectivity index (χ0v) is 52.7. The van der Waals surface area contributed by atoms with E-state index in [1.807, 2.05) is 16.9 Å². The molecule has 414 valence electrons. The molecule has 0 spiro atoms. The van der Waals surface area contributed by atoms with Crippen LogP contribution < -0.4 is 9.42 Å². The minimum atomic E-state index is -0.283. The van der Waals surface area contributed by atoms with Crippen LogP contribution in [0.3, 0.4) is 0 Å². The van der Waals surface area contributed by atoms with Crippen LogP contribution in [0.4, 0.5) is 0 Å². The van der Waals surface area contributed by atoms with E-state index in [9.17, 15) is 0 Å². The van der Waals surface area contributed by atoms with Crippen molar-refractivity contribution in [2.75, 3.05) is 0 Å². The van der Waals surface area contributed by atoms with Crippen LogP contribution in [-0.2, 0) is 53.6 Å². The number of fused-ring (bicyclic) bond motifs is 3. The number of pyridine rings is 1. The number of ether oxygens (including phenoxy) is 1. The van der Waals surface area contributed by atoms with E-state index in [0.717, 1.165) is 78.2 Å². The molecule has 0 bridgehead atoms. The molecule has 6 nitrogen and oxygen atoms in total. The standard InChI is InChI=1S/C73H79N5O.Pt/c1-68(2,3)49-33-34-74-65(43-49)78-63-30-23-22-27-61(63)62-32-31-57(45-64(62)78)79-58-42-54(73(16,17)18)39-55(44-58)76-46-77(56-40-52(71(10,11)12)38-53(41-56)72(13,14)15)75-67(76)66-59(47-25-20-19-21-26-47)28-24-29-60(66)48-35-50(69(4,5)6)37-51(36-48)70(7,8)9;/h19-43H,1-18H3;/q-2;. The van der Waals surface area contributed by atoms with Crippen molar-refractivity contribution in [2.45, 2.75) is 157 Å². The molecule has 0 aliphatic rings. The Morgan fingerprint density at radius 3 is 1.57 bits per heavy atom. The molecule has 10 aromatic rings. The molecule has 80 heavy (non-hydrogen) atoms. The maximum Gasteiger partial charge on any atom is 0.272 e. The second kappa shape index (κ2) is 20.9. The molecule has 0 saturated carbocycles. The first-order chi connectivity index (χ1) is 36.9. The second-order valence-electron chi connectivity index (χ2n) is 27.9. The predicted octanol–water partition coefficient (Wildman–Crippen LogP) is 18.6. The van der Waals surface area contributed by atoms with E-state index >= 15 is 0 Å². The molecule has 0 saturated heterocycles. The van der Waals surface area contributed by atoms with E-state index in [-0.39, 0.29) is 53.6 Å². The summed E-state index contributed by atoms with van der Waals surface area (Å²) in [7, 11) is 0. The van der Waals surface area contributed by atoms with E-state index in [0.29, 0.717) is 11.5 Å². The van der Waals surface area contributed by atoms with Gasteiger partial charge in [0.1, 0.15) is 5.82 Å². The van der Waals surface area contributed by atoms with Gasteiger partial charge in [-0.2, -0.15) is 22.4 Å². The first-order valence-corrected chi connectivity index (χ1v) is 28.1. The first kappa shape index (κ1) is 57.8. The van der Waals surface area contributed by atoms with E-state index < -0.39 is 0 Å². The van der Waals surface area contributed by atoms with Crippen LogP contribution >= 0.6 is 0 Å². The molecule has 0 atom stereocenters. The topological polar surface area (TPSA) is 48.8 Å². The fourth-order valence-electron chi connectivity index (χ4n) is 10.3. The van der Waals surface area contributed by atoms with Crippen LogP contribution in [0.2, 0.25) is 0 Å². The SMILES string of the molecule is CC(C)(C)c1cc(Oc2[c-]c3c(cc2)c2ccccc2n3-c2cc(C(C)(C)C)ccn2)[c-]c(-n2[c-][n+](-c3cc(C(C)(C)C)cc(C(C)(C)C)c3)nc2-c2c(-c3ccccc3)cccc2-c2cc(C(C)(C)C)cc(C(C)(C)C)c2)c1.[Pt]. The molecular formula is C73H79N5OPt-2. The van der Waals surface area contributed by atoms with Crippen molar-refractivity contribution in [1.29, 1.82) is 0 Å². The fraction of sp³-hybridized carbons (Fsp3) is 0.329. The van der Waals surface area contributed by atoms with Gasteiger partial charge in [0.2, 0.25) is 0 Å². The maximum absolute atomic E-state index is 7.07. The monoisotopic (exact) mass is 1240 g/mol. The van der Waals surface area contributed by atoms with Gasteiger partial charge >= 0.3 is 0 Å². The average Bonchev–Trinajstić information content (AvgIpc) is 4.20. The van der Waals surface area contributed by atoms with Gasteiger partial charge in [-0.25, -0.2) is 4.98 Å². The molecule has 7 aromatic carbocycles. The summed E-state index contributed by atoms with van der Waals surface area (Å²) < 4.78 is 13.4. The van der Waals surface area contributed by atoms with Crippen molar-refractivity contribution in [2.24, 2.45) is 0 Å². The summed E-state index contributed by atoms with van der Waals surface area (Å²) in [6.07, 6.45) is 5.78. The third-order valence-corrected chi connectivity index (χ3v) is 15.4. The van der Waals surface area contributed by atoms with Gasteiger partial charge in [0.15, 0.2) is 5.82 Å². The zero-order valence-electron chi connectivity index (χ0n) is 50.4. The number of para-hydroxylation sites is 1. The summed E-state index contributed by atoms with van der Waals surface area (Å²) in [5, 5.41) is 7.95. The minimum Gasteiger partial charge on any atom is -0.510 e. The van der Waals surface area contributed by atoms with Gasteiger partial charge in [-0.15, -0.1) is 34.8 Å². The second-order valence-corrected chi connectivity index (χ2v) is 27.9. The molecule has 0 radical (unpaired) electrons. The van der Waals surface area contributed by atoms with E-state index in [4.69, 9.17) is 14.8 Å². The van der Waals surface area contributed by atoms with Crippen molar-refractivity contribution in [3.8, 4) is 62.3 Å². The van der Waals surface area contributed by atoms with Crippen molar-refractivity contribution in [1.82, 2.24) is 19.2 Å². The quantitative estimate of drug-likeness (QED) is 0.113. The molecule has 0 aliphatic heterocycles. The van der Waals surface area contributed by atoms with Gasteiger partial charge in [-0.05, 0) is 106 Å². The first-order valence-electron chi connectivity index (χ1n) is 28.1. The van der Waals surface area contributed by atoms with Gasteiger partial charge in [-0.1, -0.05) is 239 Å². The normalized spacial score (nSPS) is 12.8. The number of hydrogen-bond donors (Lipinski definition) is 0. The Morgan fingerprint density at radius 2 is 0.988 bits per heavy atom. The summed E-state index contributed by atoms with van der Waals surface area (Å²) in [5.74, 6) is 2.69. The Labute approximate surface area is 491 Å². The van der Waals surface area contributed by atoms with Gasteiger partial charge < -0.3 is 13.9 Å². The molecule has 0 N–H and O–H groups in total. The van der Waals surface area contributed by atoms with Crippen LogP contribution in [0, 0.1) is 18.5 Å². The van der Waals surface area contributed by atoms with Gasteiger partial charge in [0.25, 0.3) is 6.33 Å². The Morgan fingerprint density at radius 1 is 0.450 bits per heavy atom. The van der Waals surface area contributed by atoms with E-state index in [2.05, 4.69) is 292 Å². The van der Waals surface area contributed by atoms with Gasteiger partial charge in [0, 0.05) is 49.8 Å². The molecule has 0 fully saturated rings. The predicted molar refractivity (Wildman–Crippen MR) is 329 cm³/mol. The van der Waals surface area contributed by atoms with Crippen molar-refractivity contribution >= 4 is 21.8 Å². The molecule has 0 amide bonds. The Bertz CT molecular complexity index is 3860. The Balaban J connectivity index is 0.00000774. The number of nitrogens with zero attached hydrogens (tertiary/aromatic N) is 5. The molecule has 10 rings (SSSR count). The van der Waals surface area contributed by atoms with E-state index in [1.54, 1.807) is 0 Å². The summed E-state index contributed by atoms with van der Waals surface area (Å²) >= 11 is 0. The molecule has 0 aliphatic carbocycles. The Kier molecular flexibility index (Phi) is 15.1. The largest absolute Gasteiger partial charge is 0.510 e. The van der Waals surface area contributed by atoms with Crippen LogP contribution in [0.5, 0.6) is 11.5 Å². The molecule has 3 heterocycles. The summed E-state index contributed by atoms with van der Waals surface area (Å²) in [6, 6.07) is 60.4. The van der Waals surface area contributed by atoms with Crippen molar-refractivity contribution in [3.05, 3.63) is 204 Å². The molecule has 7 heteroatoms. The Hall–Kier alpha value is -6.88. The van der Waals surface area contributed by atoms with Crippen LogP contribution in [0.1, 0.15) is 158 Å². The third kappa shape index (κ3) is 11.7.